The van der Waals surface area contributed by atoms with Crippen LogP contribution in [-0.2, 0) is 76.5 Å². The van der Waals surface area contributed by atoms with Gasteiger partial charge < -0.3 is 130 Å². The summed E-state index contributed by atoms with van der Waals surface area (Å²) in [4.78, 5) is 136. The molecular formula is C46H93N17O21S. The summed E-state index contributed by atoms with van der Waals surface area (Å²) in [6.07, 6.45) is 3.12. The standard InChI is InChI=1S/C11H23N5O3S.C10H20N2O4.C8H17N5O3.C8H15N3O5.C5H11NO2.C4H7NO4/c1-20-6-4-8(13)10(18)19-9(17)7(12)3-2-5-16-11(14)15;1-5(2)4-7(11)10(15)16-6(3)8(12)9(13)14;9-4-6(14)16-7(15)5(10)2-1-3-13-8(11)12;9-4(1-2-6(11)12)8(15)16-3-5(10)7(13)14;1-3(2)4(6)5(7)8;5-2(4(8)9)1-3(6)7/h7-8H,2-6,12-13H2,1H3,(H4,14,15,16);5-8H,4,11-12H2,1-3H3,(H,13,14);5H,1-4,9-10H2,(H4,11,12,13);4-5H,1-3,9-10H2,(H2,11,12)(H,13,14);3-4H,6H2,1-2H3,(H,7,8);2H,1,5H2,(H,6,7)(H,8,9)/t7-,8-;6-,7+,8+;5-;4-,5-;4-;2-/m010000/s1. The number of hydrogen-bond acceptors (Lipinski definition) is 29. The predicted octanol–water partition coefficient (Wildman–Crippen LogP) is -7.92. The molecule has 1 amide bonds. The normalized spacial score (nSPS) is 13.7. The lowest BCUT2D eigenvalue weighted by Gasteiger charge is -2.20. The van der Waals surface area contributed by atoms with Crippen LogP contribution in [0.1, 0.15) is 92.4 Å². The number of thioether (sulfide) groups is 1. The summed E-state index contributed by atoms with van der Waals surface area (Å²) in [5.74, 6) is -10.1. The molecule has 0 radical (unpaired) electrons. The van der Waals surface area contributed by atoms with Crippen LogP contribution in [0.4, 0.5) is 0 Å². The number of carbonyl (C=O) groups excluding carboxylic acids is 7. The minimum absolute atomic E-state index is 0.0175. The highest BCUT2D eigenvalue weighted by atomic mass is 32.2. The topological polar surface area (TPSA) is 758 Å². The fraction of sp³-hybridized carbons (Fsp3) is 0.696. The maximum absolute atomic E-state index is 11.5. The Morgan fingerprint density at radius 3 is 1.22 bits per heavy atom. The van der Waals surface area contributed by atoms with Crippen LogP contribution in [0.2, 0.25) is 0 Å². The molecule has 0 unspecified atom stereocenters. The third kappa shape index (κ3) is 56.8. The molecule has 0 aromatic heterocycles. The first-order valence-corrected chi connectivity index (χ1v) is 26.8. The predicted molar refractivity (Wildman–Crippen MR) is 308 cm³/mol. The van der Waals surface area contributed by atoms with Gasteiger partial charge in [0.05, 0.1) is 13.0 Å². The monoisotopic (exact) mass is 1250 g/mol. The van der Waals surface area contributed by atoms with E-state index in [1.807, 2.05) is 20.1 Å². The number of aliphatic imine (C=N–C) groups is 2. The van der Waals surface area contributed by atoms with E-state index >= 15 is 0 Å². The van der Waals surface area contributed by atoms with Crippen LogP contribution in [0.15, 0.2) is 9.98 Å². The average molecular weight is 1250 g/mol. The number of guanidine groups is 2. The van der Waals surface area contributed by atoms with Crippen LogP contribution < -0.4 is 86.0 Å². The van der Waals surface area contributed by atoms with Gasteiger partial charge in [0, 0.05) is 19.5 Å². The summed E-state index contributed by atoms with van der Waals surface area (Å²) in [5.41, 5.74) is 78.3. The number of amides is 1. The number of esters is 6. The number of carboxylic acid groups (broad SMARTS) is 5. The van der Waals surface area contributed by atoms with Crippen molar-refractivity contribution in [1.82, 2.24) is 0 Å². The van der Waals surface area contributed by atoms with Crippen molar-refractivity contribution < 1.29 is 102 Å². The van der Waals surface area contributed by atoms with Gasteiger partial charge in [-0.05, 0) is 75.7 Å². The average Bonchev–Trinajstić information content (AvgIpc) is 3.40. The first kappa shape index (κ1) is 88.7. The van der Waals surface area contributed by atoms with E-state index in [1.165, 1.54) is 6.92 Å². The van der Waals surface area contributed by atoms with E-state index in [9.17, 15) is 57.5 Å². The molecule has 39 heteroatoms. The zero-order valence-electron chi connectivity index (χ0n) is 48.6. The van der Waals surface area contributed by atoms with Crippen LogP contribution in [0.5, 0.6) is 0 Å². The number of nitrogens with zero attached hydrogens (tertiary/aromatic N) is 2. The van der Waals surface area contributed by atoms with Crippen molar-refractivity contribution in [3.05, 3.63) is 0 Å². The molecule has 0 aromatic rings. The molecule has 0 aliphatic rings. The molecule has 0 aliphatic heterocycles. The van der Waals surface area contributed by atoms with Gasteiger partial charge in [-0.3, -0.25) is 53.1 Å². The molecule has 0 saturated heterocycles. The number of carbonyl (C=O) groups is 12. The number of ether oxygens (including phenoxy) is 4. The fourth-order valence-corrected chi connectivity index (χ4v) is 5.08. The SMILES string of the molecule is CC(C)C[C@H](N)C(=O)O[C@H](C)[C@H](N)C(=O)O.CC(C)[C@H](N)C(=O)O.CSCC[C@H](N)C(=O)OC(=O)[C@@H](N)CCCN=C(N)N.NC(=O)CC[C@H](N)C(=O)OC[C@H](N)C(=O)O.NCC(=O)OC(=O)[C@@H](N)CCCN=C(N)N.N[C@@H](CC(=O)O)C(=O)O. The number of rotatable bonds is 33. The molecule has 0 saturated carbocycles. The lowest BCUT2D eigenvalue weighted by Crippen LogP contribution is -2.45. The summed E-state index contributed by atoms with van der Waals surface area (Å²) in [5, 5.41) is 41.3. The Kier molecular flexibility index (Phi) is 54.4. The van der Waals surface area contributed by atoms with Crippen molar-refractivity contribution >= 4 is 95.3 Å². The molecule has 38 nitrogen and oxygen atoms in total. The molecule has 494 valence electrons. The lowest BCUT2D eigenvalue weighted by molar-refractivity contribution is -0.162. The van der Waals surface area contributed by atoms with Gasteiger partial charge in [0.1, 0.15) is 67.1 Å². The summed E-state index contributed by atoms with van der Waals surface area (Å²) in [6.45, 7) is 8.76. The molecular weight excluding hydrogens is 1160 g/mol. The summed E-state index contributed by atoms with van der Waals surface area (Å²) < 4.78 is 18.4. The second-order valence-electron chi connectivity index (χ2n) is 18.3. The zero-order chi connectivity index (χ0) is 67.9. The number of hydrogen-bond donors (Lipinski definition) is 20. The first-order valence-electron chi connectivity index (χ1n) is 25.4. The van der Waals surface area contributed by atoms with Crippen molar-refractivity contribution in [2.45, 2.75) is 153 Å². The summed E-state index contributed by atoms with van der Waals surface area (Å²) in [7, 11) is 0. The first-order chi connectivity index (χ1) is 39.0. The van der Waals surface area contributed by atoms with Crippen molar-refractivity contribution in [3.8, 4) is 0 Å². The molecule has 0 bridgehead atoms. The van der Waals surface area contributed by atoms with E-state index in [2.05, 4.69) is 24.2 Å². The molecule has 85 heavy (non-hydrogen) atoms. The molecule has 0 spiro atoms. The van der Waals surface area contributed by atoms with Crippen LogP contribution >= 0.6 is 11.8 Å². The van der Waals surface area contributed by atoms with Crippen molar-refractivity contribution in [1.29, 1.82) is 0 Å². The van der Waals surface area contributed by atoms with E-state index in [0.29, 0.717) is 51.6 Å². The van der Waals surface area contributed by atoms with Gasteiger partial charge >= 0.3 is 65.7 Å². The Bertz CT molecular complexity index is 2100. The second-order valence-corrected chi connectivity index (χ2v) is 19.3. The van der Waals surface area contributed by atoms with Crippen molar-refractivity contribution in [3.63, 3.8) is 0 Å². The molecule has 0 aromatic carbocycles. The number of carboxylic acids is 5. The van der Waals surface area contributed by atoms with Gasteiger partial charge in [0.15, 0.2) is 11.9 Å². The fourth-order valence-electron chi connectivity index (χ4n) is 4.59. The highest BCUT2D eigenvalue weighted by Crippen LogP contribution is 2.07. The van der Waals surface area contributed by atoms with E-state index in [4.69, 9.17) is 116 Å². The highest BCUT2D eigenvalue weighted by molar-refractivity contribution is 7.98. The lowest BCUT2D eigenvalue weighted by atomic mass is 10.0. The smallest absolute Gasteiger partial charge is 0.330 e. The molecule has 0 fully saturated rings. The number of primary amides is 1. The van der Waals surface area contributed by atoms with Crippen LogP contribution in [0, 0.1) is 11.8 Å². The number of nitrogens with two attached hydrogens (primary N) is 15. The van der Waals surface area contributed by atoms with E-state index < -0.39 is 145 Å². The number of aliphatic carboxylic acids is 5. The molecule has 0 rings (SSSR count). The maximum Gasteiger partial charge on any atom is 0.330 e. The molecule has 35 N–H and O–H groups in total. The molecule has 0 aliphatic carbocycles. The van der Waals surface area contributed by atoms with Gasteiger partial charge in [0.25, 0.3) is 0 Å². The van der Waals surface area contributed by atoms with Gasteiger partial charge in [-0.2, -0.15) is 11.8 Å². The Labute approximate surface area is 495 Å². The van der Waals surface area contributed by atoms with Crippen molar-refractivity contribution in [2.24, 2.45) is 108 Å². The molecule has 0 heterocycles. The quantitative estimate of drug-likeness (QED) is 0.00725. The van der Waals surface area contributed by atoms with E-state index in [1.54, 1.807) is 25.6 Å². The van der Waals surface area contributed by atoms with Gasteiger partial charge in [-0.15, -0.1) is 0 Å². The van der Waals surface area contributed by atoms with Gasteiger partial charge in [-0.25, -0.2) is 14.4 Å². The van der Waals surface area contributed by atoms with Crippen LogP contribution in [0.25, 0.3) is 0 Å². The Hall–Kier alpha value is -7.47. The van der Waals surface area contributed by atoms with Gasteiger partial charge in [-0.1, -0.05) is 27.7 Å². The van der Waals surface area contributed by atoms with E-state index in [0.717, 1.165) is 5.75 Å². The summed E-state index contributed by atoms with van der Waals surface area (Å²) in [6, 6.07) is -8.82. The summed E-state index contributed by atoms with van der Waals surface area (Å²) >= 11 is 1.56. The third-order valence-corrected chi connectivity index (χ3v) is 10.3. The van der Waals surface area contributed by atoms with Gasteiger partial charge in [0.2, 0.25) is 5.91 Å². The van der Waals surface area contributed by atoms with E-state index in [-0.39, 0.29) is 43.1 Å². The zero-order valence-corrected chi connectivity index (χ0v) is 49.4. The van der Waals surface area contributed by atoms with Crippen molar-refractivity contribution in [2.75, 3.05) is 38.2 Å². The molecule has 10 atom stereocenters. The third-order valence-electron chi connectivity index (χ3n) is 9.62. The highest BCUT2D eigenvalue weighted by Gasteiger charge is 2.27. The van der Waals surface area contributed by atoms with Crippen LogP contribution in [0.3, 0.4) is 0 Å². The Morgan fingerprint density at radius 1 is 0.494 bits per heavy atom. The largest absolute Gasteiger partial charge is 0.481 e. The Balaban J connectivity index is -0.000000225. The Morgan fingerprint density at radius 2 is 0.906 bits per heavy atom. The second kappa shape index (κ2) is 52.1. The minimum Gasteiger partial charge on any atom is -0.481 e. The maximum atomic E-state index is 11.5. The van der Waals surface area contributed by atoms with Crippen LogP contribution in [-0.4, -0.2) is 208 Å². The minimum atomic E-state index is -1.29.